The second kappa shape index (κ2) is 7.82. The van der Waals surface area contributed by atoms with Gasteiger partial charge in [-0.05, 0) is 48.9 Å². The third-order valence-electron chi connectivity index (χ3n) is 6.71. The number of rotatable bonds is 5. The topological polar surface area (TPSA) is 71.8 Å². The summed E-state index contributed by atoms with van der Waals surface area (Å²) in [5.74, 6) is 2.15. The lowest BCUT2D eigenvalue weighted by Crippen LogP contribution is -2.52. The van der Waals surface area contributed by atoms with E-state index in [1.165, 1.54) is 19.1 Å². The molecule has 3 aliphatic rings. The van der Waals surface area contributed by atoms with E-state index in [-0.39, 0.29) is 23.3 Å². The van der Waals surface area contributed by atoms with Crippen LogP contribution in [0.5, 0.6) is 5.75 Å². The first kappa shape index (κ1) is 19.2. The summed E-state index contributed by atoms with van der Waals surface area (Å²) in [6.07, 6.45) is 6.81. The van der Waals surface area contributed by atoms with Crippen molar-refractivity contribution < 1.29 is 18.7 Å². The Kier molecular flexibility index (Phi) is 5.01. The molecule has 1 spiro atoms. The largest absolute Gasteiger partial charge is 0.487 e. The number of fused-ring (bicyclic) bond motifs is 1. The van der Waals surface area contributed by atoms with E-state index in [2.05, 4.69) is 11.4 Å². The van der Waals surface area contributed by atoms with Crippen molar-refractivity contribution in [2.24, 2.45) is 5.92 Å². The van der Waals surface area contributed by atoms with Crippen molar-refractivity contribution in [3.63, 3.8) is 0 Å². The molecule has 2 aromatic rings. The number of hydrogen-bond donors (Lipinski definition) is 1. The molecule has 3 heterocycles. The molecule has 5 rings (SSSR count). The number of likely N-dealkylation sites (tertiary alicyclic amines) is 1. The number of carbonyl (C=O) groups is 2. The molecule has 1 aromatic carbocycles. The molecular formula is C24H28N2O4. The molecule has 0 radical (unpaired) electrons. The number of para-hydroxylation sites is 1. The molecule has 30 heavy (non-hydrogen) atoms. The molecule has 0 bridgehead atoms. The van der Waals surface area contributed by atoms with Crippen LogP contribution >= 0.6 is 0 Å². The zero-order valence-electron chi connectivity index (χ0n) is 17.1. The first-order valence-corrected chi connectivity index (χ1v) is 11.0. The van der Waals surface area contributed by atoms with E-state index in [9.17, 15) is 9.59 Å². The van der Waals surface area contributed by atoms with Gasteiger partial charge in [0.15, 0.2) is 5.76 Å². The maximum absolute atomic E-state index is 12.6. The Morgan fingerprint density at radius 1 is 1.10 bits per heavy atom. The highest BCUT2D eigenvalue weighted by atomic mass is 16.5. The van der Waals surface area contributed by atoms with Crippen LogP contribution in [0.2, 0.25) is 0 Å². The maximum Gasteiger partial charge on any atom is 0.289 e. The van der Waals surface area contributed by atoms with Crippen LogP contribution in [0, 0.1) is 5.92 Å². The number of piperidine rings is 1. The van der Waals surface area contributed by atoms with Crippen LogP contribution < -0.4 is 10.1 Å². The summed E-state index contributed by atoms with van der Waals surface area (Å²) in [5.41, 5.74) is 0.800. The van der Waals surface area contributed by atoms with Crippen LogP contribution in [0.25, 0.3) is 0 Å². The van der Waals surface area contributed by atoms with Crippen LogP contribution in [0.15, 0.2) is 47.1 Å². The predicted molar refractivity (Wildman–Crippen MR) is 111 cm³/mol. The van der Waals surface area contributed by atoms with Gasteiger partial charge in [0.25, 0.3) is 5.91 Å². The summed E-state index contributed by atoms with van der Waals surface area (Å²) in [6, 6.07) is 11.5. The van der Waals surface area contributed by atoms with Crippen molar-refractivity contribution >= 4 is 11.8 Å². The van der Waals surface area contributed by atoms with Crippen LogP contribution in [-0.4, -0.2) is 41.9 Å². The summed E-state index contributed by atoms with van der Waals surface area (Å²) in [7, 11) is 0. The van der Waals surface area contributed by atoms with Crippen LogP contribution in [0.1, 0.15) is 60.6 Å². The normalized spacial score (nSPS) is 22.3. The Balaban J connectivity index is 1.28. The lowest BCUT2D eigenvalue weighted by atomic mass is 9.76. The van der Waals surface area contributed by atoms with Crippen molar-refractivity contribution in [3.05, 3.63) is 54.0 Å². The molecule has 1 N–H and O–H groups in total. The number of carbonyl (C=O) groups excluding carboxylic acids is 2. The minimum atomic E-state index is -0.324. The van der Waals surface area contributed by atoms with Crippen LogP contribution in [0.3, 0.4) is 0 Å². The van der Waals surface area contributed by atoms with E-state index < -0.39 is 0 Å². The van der Waals surface area contributed by atoms with Crippen molar-refractivity contribution in [1.82, 2.24) is 10.2 Å². The number of furan rings is 1. The molecule has 6 nitrogen and oxygen atoms in total. The Hall–Kier alpha value is -2.76. The van der Waals surface area contributed by atoms with Gasteiger partial charge in [-0.3, -0.25) is 9.59 Å². The van der Waals surface area contributed by atoms with Crippen LogP contribution in [-0.2, 0) is 4.79 Å². The van der Waals surface area contributed by atoms with Crippen molar-refractivity contribution in [3.8, 4) is 5.75 Å². The van der Waals surface area contributed by atoms with Gasteiger partial charge < -0.3 is 19.4 Å². The van der Waals surface area contributed by atoms with E-state index >= 15 is 0 Å². The van der Waals surface area contributed by atoms with Gasteiger partial charge in [-0.25, -0.2) is 0 Å². The van der Waals surface area contributed by atoms with Gasteiger partial charge in [-0.15, -0.1) is 0 Å². The lowest BCUT2D eigenvalue weighted by molar-refractivity contribution is -0.122. The number of nitrogens with zero attached hydrogens (tertiary/aromatic N) is 1. The van der Waals surface area contributed by atoms with E-state index in [0.29, 0.717) is 31.2 Å². The van der Waals surface area contributed by atoms with Gasteiger partial charge >= 0.3 is 0 Å². The van der Waals surface area contributed by atoms with Gasteiger partial charge in [-0.1, -0.05) is 18.2 Å². The minimum absolute atomic E-state index is 0.0675. The summed E-state index contributed by atoms with van der Waals surface area (Å²) in [5, 5.41) is 3.11. The standard InChI is InChI=1S/C24H28N2O4/c27-22(25-16-17-7-8-17)14-18-15-24(30-20-5-2-1-4-19(18)20)9-11-26(12-10-24)23(28)21-6-3-13-29-21/h1-6,13,17-18H,7-12,14-16H2,(H,25,27)/t18-/m1/s1. The average molecular weight is 408 g/mol. The molecule has 1 saturated carbocycles. The Labute approximate surface area is 176 Å². The fourth-order valence-electron chi connectivity index (χ4n) is 4.78. The predicted octanol–water partition coefficient (Wildman–Crippen LogP) is 3.74. The van der Waals surface area contributed by atoms with Crippen LogP contribution in [0.4, 0.5) is 0 Å². The number of amides is 2. The smallest absolute Gasteiger partial charge is 0.289 e. The molecule has 1 atom stereocenters. The van der Waals surface area contributed by atoms with Crippen molar-refractivity contribution in [1.29, 1.82) is 0 Å². The summed E-state index contributed by atoms with van der Waals surface area (Å²) >= 11 is 0. The third kappa shape index (κ3) is 3.95. The Morgan fingerprint density at radius 2 is 1.90 bits per heavy atom. The van der Waals surface area contributed by atoms with Gasteiger partial charge in [0, 0.05) is 44.8 Å². The van der Waals surface area contributed by atoms with E-state index in [0.717, 1.165) is 37.1 Å². The van der Waals surface area contributed by atoms with E-state index in [4.69, 9.17) is 9.15 Å². The van der Waals surface area contributed by atoms with Gasteiger partial charge in [-0.2, -0.15) is 0 Å². The quantitative estimate of drug-likeness (QED) is 0.818. The van der Waals surface area contributed by atoms with E-state index in [1.54, 1.807) is 12.1 Å². The number of ether oxygens (including phenoxy) is 1. The third-order valence-corrected chi connectivity index (χ3v) is 6.71. The summed E-state index contributed by atoms with van der Waals surface area (Å²) in [6.45, 7) is 2.06. The first-order chi connectivity index (χ1) is 14.6. The second-order valence-corrected chi connectivity index (χ2v) is 8.95. The monoisotopic (exact) mass is 408 g/mol. The Bertz CT molecular complexity index is 911. The summed E-state index contributed by atoms with van der Waals surface area (Å²) < 4.78 is 11.8. The van der Waals surface area contributed by atoms with Crippen molar-refractivity contribution in [2.45, 2.75) is 50.0 Å². The molecule has 1 saturated heterocycles. The molecule has 2 amide bonds. The molecule has 2 aliphatic heterocycles. The summed E-state index contributed by atoms with van der Waals surface area (Å²) in [4.78, 5) is 27.0. The number of benzene rings is 1. The number of nitrogens with one attached hydrogen (secondary N) is 1. The molecule has 158 valence electrons. The molecule has 1 aromatic heterocycles. The van der Waals surface area contributed by atoms with Gasteiger partial charge in [0.05, 0.1) is 6.26 Å². The fraction of sp³-hybridized carbons (Fsp3) is 0.500. The fourth-order valence-corrected chi connectivity index (χ4v) is 4.78. The van der Waals surface area contributed by atoms with Gasteiger partial charge in [0.2, 0.25) is 5.91 Å². The minimum Gasteiger partial charge on any atom is -0.487 e. The molecule has 2 fully saturated rings. The molecule has 1 aliphatic carbocycles. The highest BCUT2D eigenvalue weighted by molar-refractivity contribution is 5.91. The molecular weight excluding hydrogens is 380 g/mol. The van der Waals surface area contributed by atoms with Crippen molar-refractivity contribution in [2.75, 3.05) is 19.6 Å². The maximum atomic E-state index is 12.6. The van der Waals surface area contributed by atoms with Gasteiger partial charge in [0.1, 0.15) is 11.4 Å². The zero-order valence-corrected chi connectivity index (χ0v) is 17.1. The highest BCUT2D eigenvalue weighted by Gasteiger charge is 2.44. The Morgan fingerprint density at radius 3 is 2.63 bits per heavy atom. The first-order valence-electron chi connectivity index (χ1n) is 11.0. The number of hydrogen-bond acceptors (Lipinski definition) is 4. The SMILES string of the molecule is O=C(C[C@@H]1CC2(CCN(C(=O)c3ccco3)CC2)Oc2ccccc21)NCC1CC1. The molecule has 0 unspecified atom stereocenters. The molecule has 6 heteroatoms. The van der Waals surface area contributed by atoms with E-state index in [1.807, 2.05) is 23.1 Å². The highest BCUT2D eigenvalue weighted by Crippen LogP contribution is 2.46. The lowest BCUT2D eigenvalue weighted by Gasteiger charge is -2.46. The second-order valence-electron chi connectivity index (χ2n) is 8.95. The average Bonchev–Trinajstić information content (AvgIpc) is 3.43. The zero-order chi connectivity index (χ0) is 20.6.